The summed E-state index contributed by atoms with van der Waals surface area (Å²) in [4.78, 5) is 18.8. The van der Waals surface area contributed by atoms with Crippen LogP contribution in [-0.2, 0) is 9.47 Å². The van der Waals surface area contributed by atoms with Crippen LogP contribution in [0.4, 0.5) is 4.79 Å². The predicted molar refractivity (Wildman–Crippen MR) is 118 cm³/mol. The number of morpholine rings is 1. The normalized spacial score (nSPS) is 23.2. The van der Waals surface area contributed by atoms with Crippen molar-refractivity contribution >= 4 is 36.0 Å². The van der Waals surface area contributed by atoms with Gasteiger partial charge in [0.2, 0.25) is 0 Å². The molecule has 2 unspecified atom stereocenters. The average Bonchev–Trinajstić information content (AvgIpc) is 3.02. The number of hydrogen-bond donors (Lipinski definition) is 3. The molecule has 158 valence electrons. The van der Waals surface area contributed by atoms with Crippen molar-refractivity contribution in [2.75, 3.05) is 45.9 Å². The molecule has 8 nitrogen and oxygen atoms in total. The van der Waals surface area contributed by atoms with E-state index in [-0.39, 0.29) is 30.1 Å². The molecule has 0 saturated carbocycles. The first kappa shape index (κ1) is 24.2. The molecule has 3 N–H and O–H groups in total. The summed E-state index contributed by atoms with van der Waals surface area (Å²) < 4.78 is 11.2. The van der Waals surface area contributed by atoms with Crippen molar-refractivity contribution in [3.8, 4) is 0 Å². The van der Waals surface area contributed by atoms with Gasteiger partial charge in [0.1, 0.15) is 5.60 Å². The van der Waals surface area contributed by atoms with Gasteiger partial charge in [0, 0.05) is 32.2 Å². The summed E-state index contributed by atoms with van der Waals surface area (Å²) in [7, 11) is 0. The summed E-state index contributed by atoms with van der Waals surface area (Å²) in [6.07, 6.45) is 2.28. The zero-order chi connectivity index (χ0) is 19.0. The number of carbonyl (C=O) groups excluding carboxylic acids is 1. The van der Waals surface area contributed by atoms with Gasteiger partial charge < -0.3 is 25.4 Å². The van der Waals surface area contributed by atoms with Crippen molar-refractivity contribution in [2.24, 2.45) is 4.99 Å². The monoisotopic (exact) mass is 497 g/mol. The van der Waals surface area contributed by atoms with E-state index in [0.29, 0.717) is 25.7 Å². The van der Waals surface area contributed by atoms with Gasteiger partial charge in [0.15, 0.2) is 5.96 Å². The Kier molecular flexibility index (Phi) is 10.7. The van der Waals surface area contributed by atoms with Crippen LogP contribution in [0.3, 0.4) is 0 Å². The molecule has 0 aromatic carbocycles. The average molecular weight is 497 g/mol. The van der Waals surface area contributed by atoms with Crippen molar-refractivity contribution in [1.82, 2.24) is 20.9 Å². The van der Waals surface area contributed by atoms with Gasteiger partial charge in [-0.1, -0.05) is 0 Å². The number of ether oxygens (including phenoxy) is 2. The number of aliphatic imine (C=N–C) groups is 1. The maximum atomic E-state index is 11.6. The van der Waals surface area contributed by atoms with Crippen LogP contribution in [0.15, 0.2) is 4.99 Å². The lowest BCUT2D eigenvalue weighted by Crippen LogP contribution is -2.48. The Morgan fingerprint density at radius 3 is 2.70 bits per heavy atom. The number of amides is 1. The molecule has 2 aliphatic heterocycles. The highest BCUT2D eigenvalue weighted by atomic mass is 127. The summed E-state index contributed by atoms with van der Waals surface area (Å²) in [6.45, 7) is 13.0. The predicted octanol–water partition coefficient (Wildman–Crippen LogP) is 1.55. The van der Waals surface area contributed by atoms with Gasteiger partial charge in [-0.15, -0.1) is 24.0 Å². The minimum atomic E-state index is -0.484. The molecule has 2 atom stereocenters. The molecule has 0 bridgehead atoms. The van der Waals surface area contributed by atoms with Gasteiger partial charge in [-0.05, 0) is 47.1 Å². The lowest BCUT2D eigenvalue weighted by Gasteiger charge is -2.34. The van der Waals surface area contributed by atoms with E-state index in [2.05, 4.69) is 25.8 Å². The first-order valence-corrected chi connectivity index (χ1v) is 9.72. The van der Waals surface area contributed by atoms with Crippen molar-refractivity contribution in [3.63, 3.8) is 0 Å². The molecular weight excluding hydrogens is 461 g/mol. The van der Waals surface area contributed by atoms with Gasteiger partial charge in [0.05, 0.1) is 19.3 Å². The standard InChI is InChI=1S/C18H35N5O3.HI/c1-5-19-16(20-8-9-21-17(24)26-18(2,3)4)22-11-15-12-23-10-6-7-14(23)13-25-15;/h14-15H,5-13H2,1-4H3,(H,21,24)(H2,19,20,22);1H. The number of fused-ring (bicyclic) bond motifs is 1. The Bertz CT molecular complexity index is 484. The molecule has 2 saturated heterocycles. The molecule has 1 amide bonds. The SMILES string of the molecule is CCNC(=NCC1CN2CCCC2CO1)NCCNC(=O)OC(C)(C)C.I. The zero-order valence-electron chi connectivity index (χ0n) is 17.0. The number of guanidine groups is 1. The van der Waals surface area contributed by atoms with E-state index in [1.165, 1.54) is 19.4 Å². The molecule has 0 aromatic rings. The van der Waals surface area contributed by atoms with Crippen molar-refractivity contribution < 1.29 is 14.3 Å². The molecule has 0 radical (unpaired) electrons. The number of rotatable bonds is 6. The number of nitrogens with one attached hydrogen (secondary N) is 3. The van der Waals surface area contributed by atoms with E-state index in [1.807, 2.05) is 27.7 Å². The molecular formula is C18H36IN5O3. The van der Waals surface area contributed by atoms with Crippen LogP contribution in [0.25, 0.3) is 0 Å². The summed E-state index contributed by atoms with van der Waals surface area (Å²) in [5.74, 6) is 0.741. The third-order valence-corrected chi connectivity index (χ3v) is 4.34. The molecule has 0 aromatic heterocycles. The second-order valence-corrected chi connectivity index (χ2v) is 7.82. The Morgan fingerprint density at radius 2 is 2.00 bits per heavy atom. The minimum Gasteiger partial charge on any atom is -0.444 e. The minimum absolute atomic E-state index is 0. The zero-order valence-corrected chi connectivity index (χ0v) is 19.4. The fraction of sp³-hybridized carbons (Fsp3) is 0.889. The van der Waals surface area contributed by atoms with Crippen molar-refractivity contribution in [3.05, 3.63) is 0 Å². The van der Waals surface area contributed by atoms with Crippen LogP contribution in [0, 0.1) is 0 Å². The summed E-state index contributed by atoms with van der Waals surface area (Å²) in [5.41, 5.74) is -0.484. The second-order valence-electron chi connectivity index (χ2n) is 7.82. The van der Waals surface area contributed by atoms with Gasteiger partial charge >= 0.3 is 6.09 Å². The molecule has 2 fully saturated rings. The van der Waals surface area contributed by atoms with Gasteiger partial charge in [-0.3, -0.25) is 9.89 Å². The van der Waals surface area contributed by atoms with E-state index in [4.69, 9.17) is 9.47 Å². The van der Waals surface area contributed by atoms with E-state index in [1.54, 1.807) is 0 Å². The molecule has 2 rings (SSSR count). The number of alkyl carbamates (subject to hydrolysis) is 1. The maximum Gasteiger partial charge on any atom is 0.407 e. The van der Waals surface area contributed by atoms with Crippen LogP contribution in [0.5, 0.6) is 0 Å². The molecule has 9 heteroatoms. The first-order chi connectivity index (χ1) is 12.4. The Balaban J connectivity index is 0.00000364. The van der Waals surface area contributed by atoms with Crippen LogP contribution in [0.2, 0.25) is 0 Å². The number of halogens is 1. The van der Waals surface area contributed by atoms with Crippen LogP contribution in [-0.4, -0.2) is 80.6 Å². The Labute approximate surface area is 180 Å². The van der Waals surface area contributed by atoms with E-state index < -0.39 is 11.7 Å². The lowest BCUT2D eigenvalue weighted by molar-refractivity contribution is -0.0432. The van der Waals surface area contributed by atoms with E-state index in [9.17, 15) is 4.79 Å². The summed E-state index contributed by atoms with van der Waals surface area (Å²) >= 11 is 0. The van der Waals surface area contributed by atoms with Crippen molar-refractivity contribution in [2.45, 2.75) is 58.3 Å². The largest absolute Gasteiger partial charge is 0.444 e. The topological polar surface area (TPSA) is 87.2 Å². The fourth-order valence-electron chi connectivity index (χ4n) is 3.19. The second kappa shape index (κ2) is 11.9. The van der Waals surface area contributed by atoms with Crippen LogP contribution >= 0.6 is 24.0 Å². The maximum absolute atomic E-state index is 11.6. The highest BCUT2D eigenvalue weighted by molar-refractivity contribution is 14.0. The van der Waals surface area contributed by atoms with Gasteiger partial charge in [0.25, 0.3) is 0 Å². The number of nitrogens with zero attached hydrogens (tertiary/aromatic N) is 2. The van der Waals surface area contributed by atoms with Crippen molar-refractivity contribution in [1.29, 1.82) is 0 Å². The van der Waals surface area contributed by atoms with E-state index in [0.717, 1.165) is 25.7 Å². The molecule has 0 spiro atoms. The highest BCUT2D eigenvalue weighted by Gasteiger charge is 2.31. The molecule has 0 aliphatic carbocycles. The molecule has 27 heavy (non-hydrogen) atoms. The summed E-state index contributed by atoms with van der Waals surface area (Å²) in [6, 6.07) is 0.612. The lowest BCUT2D eigenvalue weighted by atomic mass is 10.2. The van der Waals surface area contributed by atoms with Gasteiger partial charge in [-0.25, -0.2) is 4.79 Å². The Morgan fingerprint density at radius 1 is 1.26 bits per heavy atom. The summed E-state index contributed by atoms with van der Waals surface area (Å²) in [5, 5.41) is 9.17. The van der Waals surface area contributed by atoms with E-state index >= 15 is 0 Å². The Hall–Kier alpha value is -0.810. The van der Waals surface area contributed by atoms with Gasteiger partial charge in [-0.2, -0.15) is 0 Å². The van der Waals surface area contributed by atoms with Crippen LogP contribution < -0.4 is 16.0 Å². The number of hydrogen-bond acceptors (Lipinski definition) is 5. The molecule has 2 heterocycles. The highest BCUT2D eigenvalue weighted by Crippen LogP contribution is 2.22. The van der Waals surface area contributed by atoms with Crippen LogP contribution in [0.1, 0.15) is 40.5 Å². The molecule has 2 aliphatic rings. The quantitative estimate of drug-likeness (QED) is 0.224. The third-order valence-electron chi connectivity index (χ3n) is 4.34. The fourth-order valence-corrected chi connectivity index (χ4v) is 3.19. The smallest absolute Gasteiger partial charge is 0.407 e. The first-order valence-electron chi connectivity index (χ1n) is 9.72. The number of carbonyl (C=O) groups is 1. The third kappa shape index (κ3) is 9.29.